The normalized spacial score (nSPS) is 29.6. The molecule has 4 nitrogen and oxygen atoms in total. The van der Waals surface area contributed by atoms with Crippen molar-refractivity contribution in [3.8, 4) is 0 Å². The first kappa shape index (κ1) is 13.9. The van der Waals surface area contributed by atoms with E-state index in [9.17, 15) is 14.7 Å². The van der Waals surface area contributed by atoms with E-state index in [4.69, 9.17) is 0 Å². The summed E-state index contributed by atoms with van der Waals surface area (Å²) in [6.07, 6.45) is 4.74. The van der Waals surface area contributed by atoms with Gasteiger partial charge in [0.15, 0.2) is 0 Å². The molecule has 1 aromatic carbocycles. The number of benzene rings is 1. The summed E-state index contributed by atoms with van der Waals surface area (Å²) in [5.41, 5.74) is 2.20. The Kier molecular flexibility index (Phi) is 3.53. The van der Waals surface area contributed by atoms with Gasteiger partial charge in [0.25, 0.3) is 0 Å². The van der Waals surface area contributed by atoms with Crippen LogP contribution in [0.5, 0.6) is 0 Å². The number of carbonyl (C=O) groups is 2. The third kappa shape index (κ3) is 2.58. The van der Waals surface area contributed by atoms with E-state index in [1.807, 2.05) is 43.3 Å². The van der Waals surface area contributed by atoms with Gasteiger partial charge in [-0.3, -0.25) is 9.59 Å². The molecule has 0 unspecified atom stereocenters. The lowest BCUT2D eigenvalue weighted by Gasteiger charge is -2.23. The molecule has 110 valence electrons. The number of carboxylic acid groups (broad SMARTS) is 1. The number of amides is 1. The van der Waals surface area contributed by atoms with Gasteiger partial charge >= 0.3 is 5.97 Å². The van der Waals surface area contributed by atoms with Crippen molar-refractivity contribution in [2.24, 2.45) is 23.7 Å². The minimum atomic E-state index is -0.859. The highest BCUT2D eigenvalue weighted by atomic mass is 16.4. The van der Waals surface area contributed by atoms with Crippen molar-refractivity contribution in [3.63, 3.8) is 0 Å². The van der Waals surface area contributed by atoms with Gasteiger partial charge in [-0.25, -0.2) is 0 Å². The SMILES string of the molecule is Cc1ccc(CNC(=O)[C@@H]2[C@H](C(=O)O)[C@H]3C=C[C@H]2C3)cc1. The van der Waals surface area contributed by atoms with E-state index in [0.717, 1.165) is 12.0 Å². The molecule has 0 aliphatic heterocycles. The molecule has 2 aliphatic rings. The van der Waals surface area contributed by atoms with E-state index < -0.39 is 17.8 Å². The molecule has 0 radical (unpaired) electrons. The lowest BCUT2D eigenvalue weighted by Crippen LogP contribution is -2.39. The van der Waals surface area contributed by atoms with Crippen LogP contribution in [0.2, 0.25) is 0 Å². The molecule has 4 atom stereocenters. The Hall–Kier alpha value is -2.10. The van der Waals surface area contributed by atoms with Crippen molar-refractivity contribution in [1.82, 2.24) is 5.32 Å². The molecule has 2 bridgehead atoms. The molecular weight excluding hydrogens is 266 g/mol. The van der Waals surface area contributed by atoms with Gasteiger partial charge in [-0.2, -0.15) is 0 Å². The second-order valence-electron chi connectivity index (χ2n) is 6.04. The number of nitrogens with one attached hydrogen (secondary N) is 1. The van der Waals surface area contributed by atoms with Crippen molar-refractivity contribution in [2.45, 2.75) is 19.9 Å². The van der Waals surface area contributed by atoms with E-state index >= 15 is 0 Å². The molecule has 21 heavy (non-hydrogen) atoms. The summed E-state index contributed by atoms with van der Waals surface area (Å²) in [5, 5.41) is 12.3. The highest BCUT2D eigenvalue weighted by Crippen LogP contribution is 2.48. The van der Waals surface area contributed by atoms with Crippen LogP contribution in [-0.4, -0.2) is 17.0 Å². The largest absolute Gasteiger partial charge is 0.481 e. The molecular formula is C17H19NO3. The third-order valence-corrected chi connectivity index (χ3v) is 4.63. The second-order valence-corrected chi connectivity index (χ2v) is 6.04. The fourth-order valence-electron chi connectivity index (χ4n) is 3.53. The van der Waals surface area contributed by atoms with Crippen molar-refractivity contribution < 1.29 is 14.7 Å². The Morgan fingerprint density at radius 1 is 1.14 bits per heavy atom. The van der Waals surface area contributed by atoms with Crippen LogP contribution in [0, 0.1) is 30.6 Å². The number of hydrogen-bond acceptors (Lipinski definition) is 2. The lowest BCUT2D eigenvalue weighted by molar-refractivity contribution is -0.147. The lowest BCUT2D eigenvalue weighted by atomic mass is 9.82. The average Bonchev–Trinajstić information content (AvgIpc) is 3.06. The predicted molar refractivity (Wildman–Crippen MR) is 78.4 cm³/mol. The third-order valence-electron chi connectivity index (χ3n) is 4.63. The molecule has 1 amide bonds. The van der Waals surface area contributed by atoms with E-state index in [2.05, 4.69) is 5.32 Å². The summed E-state index contributed by atoms with van der Waals surface area (Å²) in [6.45, 7) is 2.46. The number of fused-ring (bicyclic) bond motifs is 2. The maximum Gasteiger partial charge on any atom is 0.307 e. The van der Waals surface area contributed by atoms with Gasteiger partial charge in [0.2, 0.25) is 5.91 Å². The maximum absolute atomic E-state index is 12.4. The minimum absolute atomic E-state index is 0.0163. The van der Waals surface area contributed by atoms with Crippen LogP contribution in [0.4, 0.5) is 0 Å². The second kappa shape index (κ2) is 5.35. The first-order chi connectivity index (χ1) is 10.1. The fourth-order valence-corrected chi connectivity index (χ4v) is 3.53. The van der Waals surface area contributed by atoms with Gasteiger partial charge in [-0.05, 0) is 30.7 Å². The van der Waals surface area contributed by atoms with Gasteiger partial charge in [-0.1, -0.05) is 42.0 Å². The van der Waals surface area contributed by atoms with Gasteiger partial charge in [0, 0.05) is 6.54 Å². The standard InChI is InChI=1S/C17H19NO3/c1-10-2-4-11(5-3-10)9-18-16(19)14-12-6-7-13(8-12)15(14)17(20)21/h2-7,12-15H,8-9H2,1H3,(H,18,19)(H,20,21)/t12-,13-,14-,15+/m0/s1. The smallest absolute Gasteiger partial charge is 0.307 e. The summed E-state index contributed by atoms with van der Waals surface area (Å²) >= 11 is 0. The fraction of sp³-hybridized carbons (Fsp3) is 0.412. The zero-order valence-corrected chi connectivity index (χ0v) is 12.0. The van der Waals surface area contributed by atoms with Crippen LogP contribution in [0.3, 0.4) is 0 Å². The average molecular weight is 285 g/mol. The molecule has 2 N–H and O–H groups in total. The number of allylic oxidation sites excluding steroid dienone is 2. The summed E-state index contributed by atoms with van der Waals surface area (Å²) in [7, 11) is 0. The maximum atomic E-state index is 12.4. The minimum Gasteiger partial charge on any atom is -0.481 e. The first-order valence-electron chi connectivity index (χ1n) is 7.30. The zero-order valence-electron chi connectivity index (χ0n) is 12.0. The van der Waals surface area contributed by atoms with E-state index in [-0.39, 0.29) is 17.7 Å². The summed E-state index contributed by atoms with van der Waals surface area (Å²) in [4.78, 5) is 23.8. The molecule has 2 aliphatic carbocycles. The number of rotatable bonds is 4. The number of carbonyl (C=O) groups excluding carboxylic acids is 1. The Bertz CT molecular complexity index is 591. The number of aryl methyl sites for hydroxylation is 1. The summed E-state index contributed by atoms with van der Waals surface area (Å²) in [5.74, 6) is -1.90. The Morgan fingerprint density at radius 3 is 2.38 bits per heavy atom. The molecule has 0 heterocycles. The molecule has 1 aromatic rings. The monoisotopic (exact) mass is 285 g/mol. The Morgan fingerprint density at radius 2 is 1.76 bits per heavy atom. The van der Waals surface area contributed by atoms with Gasteiger partial charge in [0.05, 0.1) is 11.8 Å². The molecule has 4 heteroatoms. The molecule has 3 rings (SSSR count). The summed E-state index contributed by atoms with van der Waals surface area (Å²) in [6, 6.07) is 7.96. The van der Waals surface area contributed by atoms with E-state index in [1.165, 1.54) is 5.56 Å². The first-order valence-corrected chi connectivity index (χ1v) is 7.30. The van der Waals surface area contributed by atoms with Crippen molar-refractivity contribution in [2.75, 3.05) is 0 Å². The summed E-state index contributed by atoms with van der Waals surface area (Å²) < 4.78 is 0. The van der Waals surface area contributed by atoms with Crippen LogP contribution in [0.1, 0.15) is 17.5 Å². The Labute approximate surface area is 123 Å². The highest BCUT2D eigenvalue weighted by Gasteiger charge is 2.51. The van der Waals surface area contributed by atoms with Crippen molar-refractivity contribution >= 4 is 11.9 Å². The van der Waals surface area contributed by atoms with Crippen LogP contribution in [0.15, 0.2) is 36.4 Å². The molecule has 1 saturated carbocycles. The molecule has 0 aromatic heterocycles. The zero-order chi connectivity index (χ0) is 15.0. The van der Waals surface area contributed by atoms with Gasteiger partial charge < -0.3 is 10.4 Å². The van der Waals surface area contributed by atoms with Crippen LogP contribution < -0.4 is 5.32 Å². The predicted octanol–water partition coefficient (Wildman–Crippen LogP) is 2.13. The molecule has 0 spiro atoms. The van der Waals surface area contributed by atoms with E-state index in [0.29, 0.717) is 6.54 Å². The number of aliphatic carboxylic acids is 1. The van der Waals surface area contributed by atoms with E-state index in [1.54, 1.807) is 0 Å². The highest BCUT2D eigenvalue weighted by molar-refractivity contribution is 5.86. The van der Waals surface area contributed by atoms with Gasteiger partial charge in [-0.15, -0.1) is 0 Å². The van der Waals surface area contributed by atoms with Crippen LogP contribution >= 0.6 is 0 Å². The number of carboxylic acids is 1. The number of hydrogen-bond donors (Lipinski definition) is 2. The van der Waals surface area contributed by atoms with Crippen molar-refractivity contribution in [3.05, 3.63) is 47.5 Å². The van der Waals surface area contributed by atoms with Crippen LogP contribution in [-0.2, 0) is 16.1 Å². The van der Waals surface area contributed by atoms with Crippen molar-refractivity contribution in [1.29, 1.82) is 0 Å². The Balaban J connectivity index is 1.66. The molecule has 1 fully saturated rings. The van der Waals surface area contributed by atoms with Gasteiger partial charge in [0.1, 0.15) is 0 Å². The quantitative estimate of drug-likeness (QED) is 0.833. The topological polar surface area (TPSA) is 66.4 Å². The molecule has 0 saturated heterocycles. The van der Waals surface area contributed by atoms with Crippen LogP contribution in [0.25, 0.3) is 0 Å².